The number of nitrogens with zero attached hydrogens (tertiary/aromatic N) is 1. The minimum Gasteiger partial charge on any atom is -0.544 e. The third kappa shape index (κ3) is 2.93. The van der Waals surface area contributed by atoms with Crippen molar-refractivity contribution in [3.05, 3.63) is 44.9 Å². The van der Waals surface area contributed by atoms with Crippen molar-refractivity contribution in [3.63, 3.8) is 0 Å². The normalized spacial score (nSPS) is 10.5. The summed E-state index contributed by atoms with van der Waals surface area (Å²) in [5.74, 6) is -0.393. The molecule has 5 heteroatoms. The number of ether oxygens (including phenoxy) is 1. The summed E-state index contributed by atoms with van der Waals surface area (Å²) in [5.41, 5.74) is 2.71. The van der Waals surface area contributed by atoms with Gasteiger partial charge in [0.1, 0.15) is 17.4 Å². The van der Waals surface area contributed by atoms with Crippen LogP contribution in [0.4, 0.5) is 0 Å². The van der Waals surface area contributed by atoms with E-state index < -0.39 is 5.97 Å². The molecule has 0 saturated carbocycles. The Bertz CT molecular complexity index is 619. The van der Waals surface area contributed by atoms with Crippen molar-refractivity contribution >= 4 is 17.3 Å². The highest BCUT2D eigenvalue weighted by Gasteiger charge is 2.09. The third-order valence-corrected chi connectivity index (χ3v) is 4.04. The van der Waals surface area contributed by atoms with E-state index in [9.17, 15) is 9.90 Å². The van der Waals surface area contributed by atoms with Crippen LogP contribution in [-0.4, -0.2) is 11.0 Å². The van der Waals surface area contributed by atoms with Crippen molar-refractivity contribution in [1.29, 1.82) is 0 Å². The van der Waals surface area contributed by atoms with Crippen LogP contribution in [0.25, 0.3) is 0 Å². The molecule has 4 nitrogen and oxygen atoms in total. The maximum Gasteiger partial charge on any atom is 0.140 e. The number of rotatable bonds is 4. The van der Waals surface area contributed by atoms with Gasteiger partial charge in [-0.15, -0.1) is 11.3 Å². The van der Waals surface area contributed by atoms with E-state index >= 15 is 0 Å². The monoisotopic (exact) mass is 276 g/mol. The average Bonchev–Trinajstić information content (AvgIpc) is 2.73. The van der Waals surface area contributed by atoms with Gasteiger partial charge in [0, 0.05) is 0 Å². The number of hydrogen-bond acceptors (Lipinski definition) is 5. The van der Waals surface area contributed by atoms with Crippen LogP contribution in [0, 0.1) is 20.8 Å². The Morgan fingerprint density at radius 1 is 1.37 bits per heavy atom. The number of hydrogen-bond donors (Lipinski definition) is 0. The van der Waals surface area contributed by atoms with E-state index in [1.807, 2.05) is 32.0 Å². The summed E-state index contributed by atoms with van der Waals surface area (Å²) in [5, 5.41) is 11.5. The molecule has 0 aliphatic heterocycles. The minimum absolute atomic E-state index is 0.166. The quantitative estimate of drug-likeness (QED) is 0.857. The molecule has 19 heavy (non-hydrogen) atoms. The van der Waals surface area contributed by atoms with Crippen molar-refractivity contribution in [3.8, 4) is 5.75 Å². The van der Waals surface area contributed by atoms with Gasteiger partial charge in [0.25, 0.3) is 0 Å². The molecule has 0 aliphatic carbocycles. The fourth-order valence-corrected chi connectivity index (χ4v) is 2.54. The molecule has 2 aromatic rings. The van der Waals surface area contributed by atoms with Crippen LogP contribution in [0.1, 0.15) is 31.5 Å². The van der Waals surface area contributed by atoms with Gasteiger partial charge in [-0.05, 0) is 38.0 Å². The minimum atomic E-state index is -1.19. The van der Waals surface area contributed by atoms with Gasteiger partial charge in [0.15, 0.2) is 0 Å². The molecule has 0 N–H and O–H groups in total. The molecule has 0 fully saturated rings. The Morgan fingerprint density at radius 3 is 2.74 bits per heavy atom. The second-order valence-corrected chi connectivity index (χ2v) is 5.38. The van der Waals surface area contributed by atoms with Gasteiger partial charge in [-0.1, -0.05) is 12.1 Å². The van der Waals surface area contributed by atoms with E-state index in [-0.39, 0.29) is 11.5 Å². The zero-order valence-corrected chi connectivity index (χ0v) is 11.8. The van der Waals surface area contributed by atoms with E-state index in [1.54, 1.807) is 6.92 Å². The molecule has 1 aromatic heterocycles. The summed E-state index contributed by atoms with van der Waals surface area (Å²) in [7, 11) is 0. The fraction of sp³-hybridized carbons (Fsp3) is 0.286. The van der Waals surface area contributed by atoms with E-state index in [0.717, 1.165) is 28.2 Å². The number of aromatic nitrogens is 1. The molecular weight excluding hydrogens is 262 g/mol. The predicted molar refractivity (Wildman–Crippen MR) is 71.4 cm³/mol. The first-order valence-corrected chi connectivity index (χ1v) is 6.67. The Labute approximate surface area is 115 Å². The van der Waals surface area contributed by atoms with Crippen LogP contribution < -0.4 is 9.84 Å². The van der Waals surface area contributed by atoms with Crippen LogP contribution in [0.5, 0.6) is 5.75 Å². The summed E-state index contributed by atoms with van der Waals surface area (Å²) in [6.45, 7) is 5.93. The lowest BCUT2D eigenvalue weighted by atomic mass is 10.1. The molecule has 2 rings (SSSR count). The Morgan fingerprint density at radius 2 is 2.11 bits per heavy atom. The fourth-order valence-electron chi connectivity index (χ4n) is 1.72. The molecule has 1 heterocycles. The van der Waals surface area contributed by atoms with Crippen molar-refractivity contribution < 1.29 is 14.6 Å². The van der Waals surface area contributed by atoms with Crippen molar-refractivity contribution in [2.75, 3.05) is 0 Å². The summed E-state index contributed by atoms with van der Waals surface area (Å²) in [6, 6.07) is 5.84. The standard InChI is InChI=1S/C14H15NO3S/c1-8-5-4-6-11(9(8)2)18-7-12-15-10(3)13(19-12)14(16)17/h4-6H,7H2,1-3H3,(H,16,17)/p-1. The number of carbonyl (C=O) groups is 1. The summed E-state index contributed by atoms with van der Waals surface area (Å²) < 4.78 is 5.69. The topological polar surface area (TPSA) is 62.2 Å². The van der Waals surface area contributed by atoms with Crippen molar-refractivity contribution in [2.24, 2.45) is 0 Å². The second-order valence-electron chi connectivity index (χ2n) is 4.30. The second kappa shape index (κ2) is 5.40. The van der Waals surface area contributed by atoms with Crippen LogP contribution in [0.2, 0.25) is 0 Å². The zero-order chi connectivity index (χ0) is 14.0. The smallest absolute Gasteiger partial charge is 0.140 e. The highest BCUT2D eigenvalue weighted by atomic mass is 32.1. The van der Waals surface area contributed by atoms with Crippen molar-refractivity contribution in [2.45, 2.75) is 27.4 Å². The molecule has 1 aromatic carbocycles. The van der Waals surface area contributed by atoms with E-state index in [4.69, 9.17) is 4.74 Å². The van der Waals surface area contributed by atoms with Gasteiger partial charge in [-0.2, -0.15) is 0 Å². The number of aryl methyl sites for hydroxylation is 2. The maximum atomic E-state index is 10.8. The first kappa shape index (κ1) is 13.5. The summed E-state index contributed by atoms with van der Waals surface area (Å²) in [4.78, 5) is 15.2. The largest absolute Gasteiger partial charge is 0.544 e. The maximum absolute atomic E-state index is 10.8. The number of benzene rings is 1. The Balaban J connectivity index is 2.13. The van der Waals surface area contributed by atoms with Gasteiger partial charge in [-0.3, -0.25) is 0 Å². The molecule has 0 radical (unpaired) electrons. The van der Waals surface area contributed by atoms with E-state index in [2.05, 4.69) is 4.98 Å². The summed E-state index contributed by atoms with van der Waals surface area (Å²) >= 11 is 1.10. The van der Waals surface area contributed by atoms with Gasteiger partial charge in [0.05, 0.1) is 16.5 Å². The molecule has 0 spiro atoms. The third-order valence-electron chi connectivity index (χ3n) is 2.93. The zero-order valence-electron chi connectivity index (χ0n) is 11.0. The number of carboxylic acids is 1. The molecule has 0 amide bonds. The highest BCUT2D eigenvalue weighted by molar-refractivity contribution is 7.13. The van der Waals surface area contributed by atoms with Gasteiger partial charge in [-0.25, -0.2) is 4.98 Å². The molecular formula is C14H14NO3S-. The molecule has 0 unspecified atom stereocenters. The predicted octanol–water partition coefficient (Wildman–Crippen LogP) is 2.01. The van der Waals surface area contributed by atoms with Crippen LogP contribution in [-0.2, 0) is 6.61 Å². The number of thiazole rings is 1. The highest BCUT2D eigenvalue weighted by Crippen LogP contribution is 2.23. The lowest BCUT2D eigenvalue weighted by Crippen LogP contribution is -2.21. The first-order chi connectivity index (χ1) is 8.99. The van der Waals surface area contributed by atoms with Gasteiger partial charge >= 0.3 is 0 Å². The van der Waals surface area contributed by atoms with E-state index in [0.29, 0.717) is 10.7 Å². The Kier molecular flexibility index (Phi) is 3.85. The van der Waals surface area contributed by atoms with E-state index in [1.165, 1.54) is 0 Å². The number of aromatic carboxylic acids is 1. The SMILES string of the molecule is Cc1cccc(OCc2nc(C)c(C(=O)[O-])s2)c1C. The average molecular weight is 276 g/mol. The molecule has 0 atom stereocenters. The molecule has 0 aliphatic rings. The number of carbonyl (C=O) groups excluding carboxylic acids is 1. The van der Waals surface area contributed by atoms with Crippen LogP contribution in [0.15, 0.2) is 18.2 Å². The Hall–Kier alpha value is -1.88. The molecule has 0 saturated heterocycles. The van der Waals surface area contributed by atoms with Crippen LogP contribution >= 0.6 is 11.3 Å². The summed E-state index contributed by atoms with van der Waals surface area (Å²) in [6.07, 6.45) is 0. The molecule has 0 bridgehead atoms. The van der Waals surface area contributed by atoms with Gasteiger partial charge in [0.2, 0.25) is 0 Å². The van der Waals surface area contributed by atoms with Crippen LogP contribution in [0.3, 0.4) is 0 Å². The van der Waals surface area contributed by atoms with Gasteiger partial charge < -0.3 is 14.6 Å². The van der Waals surface area contributed by atoms with Crippen molar-refractivity contribution in [1.82, 2.24) is 4.98 Å². The first-order valence-electron chi connectivity index (χ1n) is 5.85. The lowest BCUT2D eigenvalue weighted by Gasteiger charge is -2.09. The lowest BCUT2D eigenvalue weighted by molar-refractivity contribution is -0.254. The molecule has 100 valence electrons. The number of carboxylic acid groups (broad SMARTS) is 1.